The molecule has 0 aliphatic carbocycles. The summed E-state index contributed by atoms with van der Waals surface area (Å²) in [5, 5.41) is 0. The van der Waals surface area contributed by atoms with Crippen molar-refractivity contribution in [2.75, 3.05) is 13.1 Å². The van der Waals surface area contributed by atoms with Crippen LogP contribution in [0.2, 0.25) is 0 Å². The first-order chi connectivity index (χ1) is 9.23. The summed E-state index contributed by atoms with van der Waals surface area (Å²) in [7, 11) is -3.52. The largest absolute Gasteiger partial charge is 0.330 e. The lowest BCUT2D eigenvalue weighted by Gasteiger charge is -2.33. The minimum atomic E-state index is -3.52. The van der Waals surface area contributed by atoms with Crippen LogP contribution in [0.3, 0.4) is 0 Å². The molecule has 0 bridgehead atoms. The molecule has 2 N–H and O–H groups in total. The van der Waals surface area contributed by atoms with Gasteiger partial charge in [-0.2, -0.15) is 4.31 Å². The van der Waals surface area contributed by atoms with Crippen LogP contribution in [-0.4, -0.2) is 31.4 Å². The van der Waals surface area contributed by atoms with Crippen LogP contribution in [0.15, 0.2) is 41.8 Å². The molecule has 0 aromatic heterocycles. The lowest BCUT2D eigenvalue weighted by Crippen LogP contribution is -2.45. The molecule has 0 saturated heterocycles. The van der Waals surface area contributed by atoms with Gasteiger partial charge in [0.15, 0.2) is 0 Å². The molecule has 1 aromatic carbocycles. The van der Waals surface area contributed by atoms with Gasteiger partial charge in [-0.05, 0) is 51.4 Å². The molecule has 0 aliphatic heterocycles. The fourth-order valence-corrected chi connectivity index (χ4v) is 3.73. The molecule has 0 saturated carbocycles. The second kappa shape index (κ2) is 6.52. The fourth-order valence-electron chi connectivity index (χ4n) is 1.97. The molecule has 0 amide bonds. The summed E-state index contributed by atoms with van der Waals surface area (Å²) in [5.74, 6) is 0. The van der Waals surface area contributed by atoms with Gasteiger partial charge in [-0.15, -0.1) is 6.58 Å². The lowest BCUT2D eigenvalue weighted by atomic mass is 10.1. The van der Waals surface area contributed by atoms with E-state index in [-0.39, 0.29) is 6.54 Å². The van der Waals surface area contributed by atoms with Gasteiger partial charge in [0.1, 0.15) is 0 Å². The van der Waals surface area contributed by atoms with Crippen LogP contribution in [-0.2, 0) is 16.4 Å². The smallest absolute Gasteiger partial charge is 0.243 e. The van der Waals surface area contributed by atoms with Gasteiger partial charge in [-0.1, -0.05) is 18.2 Å². The summed E-state index contributed by atoms with van der Waals surface area (Å²) in [6.07, 6.45) is 2.35. The molecule has 0 radical (unpaired) electrons. The topological polar surface area (TPSA) is 63.4 Å². The number of benzene rings is 1. The van der Waals surface area contributed by atoms with Crippen molar-refractivity contribution in [3.8, 4) is 0 Å². The van der Waals surface area contributed by atoms with E-state index in [4.69, 9.17) is 5.73 Å². The summed E-state index contributed by atoms with van der Waals surface area (Å²) >= 11 is 0. The number of hydrogen-bond donors (Lipinski definition) is 1. The number of nitrogens with two attached hydrogens (primary N) is 1. The lowest BCUT2D eigenvalue weighted by molar-refractivity contribution is 0.270. The Morgan fingerprint density at radius 1 is 1.25 bits per heavy atom. The predicted molar refractivity (Wildman–Crippen MR) is 83.0 cm³/mol. The Morgan fingerprint density at radius 3 is 2.20 bits per heavy atom. The fraction of sp³-hybridized carbons (Fsp3) is 0.467. The number of rotatable bonds is 6. The van der Waals surface area contributed by atoms with Gasteiger partial charge in [0, 0.05) is 12.1 Å². The Hall–Kier alpha value is -1.17. The van der Waals surface area contributed by atoms with E-state index in [1.165, 1.54) is 4.31 Å². The first-order valence-electron chi connectivity index (χ1n) is 6.66. The standard InChI is InChI=1S/C15H24N2O2S/c1-5-12-17(15(2,3)4)20(18,19)14-8-6-13(7-9-14)10-11-16/h5-9H,1,10-12,16H2,2-4H3. The highest BCUT2D eigenvalue weighted by Gasteiger charge is 2.32. The maximum Gasteiger partial charge on any atom is 0.243 e. The highest BCUT2D eigenvalue weighted by atomic mass is 32.2. The summed E-state index contributed by atoms with van der Waals surface area (Å²) in [6, 6.07) is 6.91. The van der Waals surface area contributed by atoms with Crippen molar-refractivity contribution in [3.63, 3.8) is 0 Å². The van der Waals surface area contributed by atoms with Crippen LogP contribution < -0.4 is 5.73 Å². The minimum absolute atomic E-state index is 0.288. The molecule has 0 fully saturated rings. The van der Waals surface area contributed by atoms with Crippen molar-refractivity contribution in [1.29, 1.82) is 0 Å². The van der Waals surface area contributed by atoms with Crippen LogP contribution in [0.4, 0.5) is 0 Å². The zero-order chi connectivity index (χ0) is 15.4. The highest BCUT2D eigenvalue weighted by molar-refractivity contribution is 7.89. The predicted octanol–water partition coefficient (Wildman–Crippen LogP) is 2.16. The monoisotopic (exact) mass is 296 g/mol. The molecule has 0 aliphatic rings. The molecule has 5 heteroatoms. The van der Waals surface area contributed by atoms with E-state index in [0.717, 1.165) is 12.0 Å². The number of nitrogens with zero attached hydrogens (tertiary/aromatic N) is 1. The molecular formula is C15H24N2O2S. The molecule has 0 unspecified atom stereocenters. The van der Waals surface area contributed by atoms with Crippen molar-refractivity contribution < 1.29 is 8.42 Å². The van der Waals surface area contributed by atoms with E-state index < -0.39 is 15.6 Å². The molecule has 20 heavy (non-hydrogen) atoms. The molecule has 112 valence electrons. The first-order valence-corrected chi connectivity index (χ1v) is 8.10. The molecule has 0 heterocycles. The van der Waals surface area contributed by atoms with Crippen molar-refractivity contribution in [1.82, 2.24) is 4.31 Å². The molecule has 4 nitrogen and oxygen atoms in total. The van der Waals surface area contributed by atoms with Crippen LogP contribution >= 0.6 is 0 Å². The number of sulfonamides is 1. The SMILES string of the molecule is C=CCN(C(C)(C)C)S(=O)(=O)c1ccc(CCN)cc1. The third kappa shape index (κ3) is 3.91. The second-order valence-electron chi connectivity index (χ2n) is 5.68. The van der Waals surface area contributed by atoms with Crippen LogP contribution in [0.5, 0.6) is 0 Å². The minimum Gasteiger partial charge on any atom is -0.330 e. The molecule has 1 aromatic rings. The summed E-state index contributed by atoms with van der Waals surface area (Å²) in [6.45, 7) is 10.1. The number of hydrogen-bond acceptors (Lipinski definition) is 3. The summed E-state index contributed by atoms with van der Waals surface area (Å²) < 4.78 is 26.8. The van der Waals surface area contributed by atoms with Gasteiger partial charge in [-0.25, -0.2) is 8.42 Å². The van der Waals surface area contributed by atoms with E-state index in [1.54, 1.807) is 18.2 Å². The van der Waals surface area contributed by atoms with Crippen molar-refractivity contribution in [2.45, 2.75) is 37.6 Å². The Balaban J connectivity index is 3.16. The molecule has 0 atom stereocenters. The van der Waals surface area contributed by atoms with Gasteiger partial charge in [0.05, 0.1) is 4.90 Å². The maximum absolute atomic E-state index is 12.7. The quantitative estimate of drug-likeness (QED) is 0.818. The molecule has 0 spiro atoms. The van der Waals surface area contributed by atoms with Gasteiger partial charge < -0.3 is 5.73 Å². The Morgan fingerprint density at radius 2 is 1.80 bits per heavy atom. The van der Waals surface area contributed by atoms with Crippen LogP contribution in [0, 0.1) is 0 Å². The van der Waals surface area contributed by atoms with Crippen LogP contribution in [0.25, 0.3) is 0 Å². The van der Waals surface area contributed by atoms with E-state index >= 15 is 0 Å². The average Bonchev–Trinajstić information content (AvgIpc) is 2.35. The average molecular weight is 296 g/mol. The van der Waals surface area contributed by atoms with Crippen molar-refractivity contribution >= 4 is 10.0 Å². The third-order valence-corrected chi connectivity index (χ3v) is 5.13. The normalized spacial score (nSPS) is 12.7. The first kappa shape index (κ1) is 16.9. The summed E-state index contributed by atoms with van der Waals surface area (Å²) in [5.41, 5.74) is 6.03. The summed E-state index contributed by atoms with van der Waals surface area (Å²) in [4.78, 5) is 0.301. The van der Waals surface area contributed by atoms with Crippen molar-refractivity contribution in [3.05, 3.63) is 42.5 Å². The zero-order valence-corrected chi connectivity index (χ0v) is 13.3. The Bertz CT molecular complexity index is 542. The van der Waals surface area contributed by atoms with Crippen molar-refractivity contribution in [2.24, 2.45) is 5.73 Å². The van der Waals surface area contributed by atoms with Crippen LogP contribution in [0.1, 0.15) is 26.3 Å². The Labute approximate surface area is 122 Å². The van der Waals surface area contributed by atoms with E-state index in [0.29, 0.717) is 11.4 Å². The Kier molecular flexibility index (Phi) is 5.50. The van der Waals surface area contributed by atoms with E-state index in [2.05, 4.69) is 6.58 Å². The van der Waals surface area contributed by atoms with E-state index in [9.17, 15) is 8.42 Å². The molecular weight excluding hydrogens is 272 g/mol. The molecule has 1 rings (SSSR count). The highest BCUT2D eigenvalue weighted by Crippen LogP contribution is 2.24. The van der Waals surface area contributed by atoms with E-state index in [1.807, 2.05) is 32.9 Å². The third-order valence-electron chi connectivity index (χ3n) is 2.99. The van der Waals surface area contributed by atoms with Gasteiger partial charge in [0.25, 0.3) is 0 Å². The van der Waals surface area contributed by atoms with Gasteiger partial charge in [-0.3, -0.25) is 0 Å². The maximum atomic E-state index is 12.7. The second-order valence-corrected chi connectivity index (χ2v) is 7.54. The van der Waals surface area contributed by atoms with Gasteiger partial charge >= 0.3 is 0 Å². The zero-order valence-electron chi connectivity index (χ0n) is 12.5. The van der Waals surface area contributed by atoms with Gasteiger partial charge in [0.2, 0.25) is 10.0 Å².